The monoisotopic (exact) mass is 130 g/mol. The van der Waals surface area contributed by atoms with Crippen LogP contribution in [0.1, 0.15) is 20.3 Å². The van der Waals surface area contributed by atoms with Crippen LogP contribution in [0.15, 0.2) is 12.2 Å². The Morgan fingerprint density at radius 2 is 2.33 bits per heavy atom. The first-order chi connectivity index (χ1) is 4.18. The van der Waals surface area contributed by atoms with Crippen molar-refractivity contribution in [1.29, 1.82) is 0 Å². The van der Waals surface area contributed by atoms with Crippen molar-refractivity contribution in [2.24, 2.45) is 0 Å². The Balaban J connectivity index is 3.50. The van der Waals surface area contributed by atoms with E-state index in [2.05, 4.69) is 0 Å². The van der Waals surface area contributed by atoms with E-state index in [4.69, 9.17) is 0 Å². The maximum Gasteiger partial charge on any atom is 0.164 e. The second-order valence-corrected chi connectivity index (χ2v) is 1.88. The van der Waals surface area contributed by atoms with E-state index in [1.165, 1.54) is 6.92 Å². The zero-order valence-corrected chi connectivity index (χ0v) is 5.73. The van der Waals surface area contributed by atoms with Crippen LogP contribution in [-0.4, -0.2) is 12.0 Å². The van der Waals surface area contributed by atoms with E-state index in [9.17, 15) is 9.18 Å². The molecule has 0 saturated carbocycles. The van der Waals surface area contributed by atoms with Crippen LogP contribution < -0.4 is 0 Å². The molecule has 0 aliphatic heterocycles. The van der Waals surface area contributed by atoms with Crippen LogP contribution in [0.3, 0.4) is 0 Å². The molecule has 0 aliphatic carbocycles. The molecule has 2 heteroatoms. The summed E-state index contributed by atoms with van der Waals surface area (Å²) in [4.78, 5) is 10.2. The topological polar surface area (TPSA) is 17.1 Å². The van der Waals surface area contributed by atoms with Crippen molar-refractivity contribution in [2.75, 3.05) is 0 Å². The minimum absolute atomic E-state index is 0.214. The lowest BCUT2D eigenvalue weighted by Gasteiger charge is -1.96. The highest BCUT2D eigenvalue weighted by atomic mass is 19.1. The summed E-state index contributed by atoms with van der Waals surface area (Å²) in [5.41, 5.74) is 0. The number of alkyl halides is 1. The molecule has 1 nitrogen and oxygen atoms in total. The first kappa shape index (κ1) is 8.34. The molecule has 1 unspecified atom stereocenters. The third-order valence-corrected chi connectivity index (χ3v) is 1.02. The van der Waals surface area contributed by atoms with Crippen molar-refractivity contribution in [3.8, 4) is 0 Å². The van der Waals surface area contributed by atoms with Gasteiger partial charge in [0.05, 0.1) is 0 Å². The fraction of sp³-hybridized carbons (Fsp3) is 0.571. The van der Waals surface area contributed by atoms with E-state index >= 15 is 0 Å². The van der Waals surface area contributed by atoms with Gasteiger partial charge in [-0.3, -0.25) is 4.79 Å². The van der Waals surface area contributed by atoms with E-state index < -0.39 is 12.0 Å². The summed E-state index contributed by atoms with van der Waals surface area (Å²) >= 11 is 0. The summed E-state index contributed by atoms with van der Waals surface area (Å²) < 4.78 is 12.3. The van der Waals surface area contributed by atoms with Crippen molar-refractivity contribution in [3.05, 3.63) is 12.2 Å². The minimum Gasteiger partial charge on any atom is -0.297 e. The molecule has 9 heavy (non-hydrogen) atoms. The smallest absolute Gasteiger partial charge is 0.164 e. The molecule has 0 N–H and O–H groups in total. The summed E-state index contributed by atoms with van der Waals surface area (Å²) in [5.74, 6) is -0.395. The maximum atomic E-state index is 12.3. The van der Waals surface area contributed by atoms with Crippen LogP contribution in [0.25, 0.3) is 0 Å². The van der Waals surface area contributed by atoms with Gasteiger partial charge in [0.1, 0.15) is 0 Å². The molecule has 0 aromatic rings. The molecule has 0 saturated heterocycles. The molecule has 0 aromatic carbocycles. The molecule has 52 valence electrons. The average Bonchev–Trinajstić information content (AvgIpc) is 1.82. The van der Waals surface area contributed by atoms with Gasteiger partial charge in [0.25, 0.3) is 0 Å². The average molecular weight is 130 g/mol. The number of carbonyl (C=O) groups is 1. The van der Waals surface area contributed by atoms with Crippen molar-refractivity contribution < 1.29 is 9.18 Å². The van der Waals surface area contributed by atoms with Crippen LogP contribution in [0, 0.1) is 0 Å². The zero-order valence-electron chi connectivity index (χ0n) is 5.73. The molecule has 0 aliphatic rings. The molecule has 0 amide bonds. The Bertz CT molecular complexity index is 118. The van der Waals surface area contributed by atoms with Gasteiger partial charge in [-0.1, -0.05) is 12.2 Å². The number of halogens is 1. The normalized spacial score (nSPS) is 14.1. The second-order valence-electron chi connectivity index (χ2n) is 1.88. The Morgan fingerprint density at radius 3 is 2.67 bits per heavy atom. The van der Waals surface area contributed by atoms with Crippen LogP contribution in [0.2, 0.25) is 0 Å². The van der Waals surface area contributed by atoms with Gasteiger partial charge < -0.3 is 0 Å². The number of hydrogen-bond donors (Lipinski definition) is 0. The summed E-state index contributed by atoms with van der Waals surface area (Å²) in [5, 5.41) is 0. The SMILES string of the molecule is C/C=C/CC(F)C(C)=O. The Kier molecular flexibility index (Phi) is 3.93. The highest BCUT2D eigenvalue weighted by molar-refractivity contribution is 5.80. The maximum absolute atomic E-state index is 12.3. The first-order valence-corrected chi connectivity index (χ1v) is 2.94. The highest BCUT2D eigenvalue weighted by Crippen LogP contribution is 1.99. The molecule has 0 rings (SSSR count). The molecule has 0 spiro atoms. The standard InChI is InChI=1S/C7H11FO/c1-3-4-5-7(8)6(2)9/h3-4,7H,5H2,1-2H3/b4-3+. The summed E-state index contributed by atoms with van der Waals surface area (Å²) in [6.45, 7) is 3.06. The first-order valence-electron chi connectivity index (χ1n) is 2.94. The largest absolute Gasteiger partial charge is 0.297 e. The van der Waals surface area contributed by atoms with E-state index in [1.807, 2.05) is 0 Å². The van der Waals surface area contributed by atoms with Gasteiger partial charge in [0.15, 0.2) is 12.0 Å². The Hall–Kier alpha value is -0.660. The molecule has 0 radical (unpaired) electrons. The van der Waals surface area contributed by atoms with Gasteiger partial charge in [-0.25, -0.2) is 4.39 Å². The molecule has 0 heterocycles. The van der Waals surface area contributed by atoms with Gasteiger partial charge in [-0.2, -0.15) is 0 Å². The van der Waals surface area contributed by atoms with Crippen molar-refractivity contribution >= 4 is 5.78 Å². The third kappa shape index (κ3) is 3.88. The second kappa shape index (κ2) is 4.24. The lowest BCUT2D eigenvalue weighted by atomic mass is 10.2. The van der Waals surface area contributed by atoms with Gasteiger partial charge in [0.2, 0.25) is 0 Å². The fourth-order valence-electron chi connectivity index (χ4n) is 0.422. The minimum atomic E-state index is -1.30. The van der Waals surface area contributed by atoms with Gasteiger partial charge >= 0.3 is 0 Å². The number of ketones is 1. The van der Waals surface area contributed by atoms with Gasteiger partial charge in [0, 0.05) is 6.42 Å². The van der Waals surface area contributed by atoms with Gasteiger partial charge in [-0.15, -0.1) is 0 Å². The zero-order chi connectivity index (χ0) is 7.28. The molecule has 0 bridgehead atoms. The molecular weight excluding hydrogens is 119 g/mol. The predicted octanol–water partition coefficient (Wildman–Crippen LogP) is 1.88. The Labute approximate surface area is 54.6 Å². The number of carbonyl (C=O) groups excluding carboxylic acids is 1. The lowest BCUT2D eigenvalue weighted by Crippen LogP contribution is -2.09. The van der Waals surface area contributed by atoms with Crippen LogP contribution in [0.4, 0.5) is 4.39 Å². The van der Waals surface area contributed by atoms with Crippen molar-refractivity contribution in [2.45, 2.75) is 26.4 Å². The van der Waals surface area contributed by atoms with E-state index in [-0.39, 0.29) is 6.42 Å². The van der Waals surface area contributed by atoms with Crippen LogP contribution >= 0.6 is 0 Å². The summed E-state index contributed by atoms with van der Waals surface area (Å²) in [7, 11) is 0. The van der Waals surface area contributed by atoms with Crippen molar-refractivity contribution in [3.63, 3.8) is 0 Å². The number of Topliss-reactive ketones (excluding diaryl/α,β-unsaturated/α-hetero) is 1. The molecular formula is C7H11FO. The molecule has 1 atom stereocenters. The van der Waals surface area contributed by atoms with E-state index in [0.717, 1.165) is 0 Å². The van der Waals surface area contributed by atoms with E-state index in [1.54, 1.807) is 19.1 Å². The Morgan fingerprint density at radius 1 is 1.78 bits per heavy atom. The summed E-state index contributed by atoms with van der Waals surface area (Å²) in [6, 6.07) is 0. The quantitative estimate of drug-likeness (QED) is 0.533. The number of hydrogen-bond acceptors (Lipinski definition) is 1. The molecule has 0 fully saturated rings. The van der Waals surface area contributed by atoms with Gasteiger partial charge in [-0.05, 0) is 13.8 Å². The summed E-state index contributed by atoms with van der Waals surface area (Å²) in [6.07, 6.45) is 2.29. The third-order valence-electron chi connectivity index (χ3n) is 1.02. The van der Waals surface area contributed by atoms with Crippen LogP contribution in [-0.2, 0) is 4.79 Å². The lowest BCUT2D eigenvalue weighted by molar-refractivity contribution is -0.121. The molecule has 0 aromatic heterocycles. The number of allylic oxidation sites excluding steroid dienone is 2. The number of rotatable bonds is 3. The van der Waals surface area contributed by atoms with Crippen molar-refractivity contribution in [1.82, 2.24) is 0 Å². The van der Waals surface area contributed by atoms with Crippen LogP contribution in [0.5, 0.6) is 0 Å². The van der Waals surface area contributed by atoms with E-state index in [0.29, 0.717) is 0 Å². The predicted molar refractivity (Wildman–Crippen MR) is 35.0 cm³/mol. The highest BCUT2D eigenvalue weighted by Gasteiger charge is 2.07. The fourth-order valence-corrected chi connectivity index (χ4v) is 0.422.